The molecule has 0 unspecified atom stereocenters. The summed E-state index contributed by atoms with van der Waals surface area (Å²) in [5.74, 6) is -0.807. The smallest absolute Gasteiger partial charge is 0.334 e. The highest BCUT2D eigenvalue weighted by Gasteiger charge is 2.62. The van der Waals surface area contributed by atoms with Gasteiger partial charge in [0, 0.05) is 29.2 Å². The minimum absolute atomic E-state index is 0.0868. The Bertz CT molecular complexity index is 696. The first-order chi connectivity index (χ1) is 14.1. The highest BCUT2D eigenvalue weighted by atomic mass is 16.7. The normalized spacial score (nSPS) is 53.8. The van der Waals surface area contributed by atoms with Crippen molar-refractivity contribution in [1.82, 2.24) is 0 Å². The second kappa shape index (κ2) is 7.81. The summed E-state index contributed by atoms with van der Waals surface area (Å²) in [5, 5.41) is 50.7. The average Bonchev–Trinajstić information content (AvgIpc) is 2.99. The van der Waals surface area contributed by atoms with Gasteiger partial charge >= 0.3 is 5.97 Å². The molecule has 2 aliphatic heterocycles. The van der Waals surface area contributed by atoms with Crippen molar-refractivity contribution in [2.45, 2.75) is 82.1 Å². The predicted octanol–water partition coefficient (Wildman–Crippen LogP) is -0.914. The van der Waals surface area contributed by atoms with Gasteiger partial charge in [0.2, 0.25) is 0 Å². The van der Waals surface area contributed by atoms with Crippen LogP contribution in [0.15, 0.2) is 12.2 Å². The van der Waals surface area contributed by atoms with Gasteiger partial charge in [-0.25, -0.2) is 4.79 Å². The van der Waals surface area contributed by atoms with E-state index in [1.54, 1.807) is 0 Å². The van der Waals surface area contributed by atoms with Crippen molar-refractivity contribution >= 4 is 5.97 Å². The van der Waals surface area contributed by atoms with Crippen molar-refractivity contribution in [2.24, 2.45) is 23.2 Å². The second-order valence-electron chi connectivity index (χ2n) is 9.56. The van der Waals surface area contributed by atoms with Gasteiger partial charge in [0.1, 0.15) is 30.5 Å². The van der Waals surface area contributed by atoms with Gasteiger partial charge in [0.05, 0.1) is 18.8 Å². The Hall–Kier alpha value is -1.07. The topological polar surface area (TPSA) is 146 Å². The highest BCUT2D eigenvalue weighted by Crippen LogP contribution is 2.58. The Morgan fingerprint density at radius 2 is 1.90 bits per heavy atom. The van der Waals surface area contributed by atoms with Crippen LogP contribution in [0, 0.1) is 23.2 Å². The highest BCUT2D eigenvalue weighted by molar-refractivity contribution is 5.90. The van der Waals surface area contributed by atoms with Crippen LogP contribution in [0.5, 0.6) is 0 Å². The van der Waals surface area contributed by atoms with E-state index < -0.39 is 67.0 Å². The lowest BCUT2D eigenvalue weighted by molar-refractivity contribution is -0.332. The molecule has 9 heteroatoms. The summed E-state index contributed by atoms with van der Waals surface area (Å²) in [7, 11) is 0. The van der Waals surface area contributed by atoms with Crippen LogP contribution in [0.4, 0.5) is 0 Å². The van der Waals surface area contributed by atoms with Crippen molar-refractivity contribution in [3.05, 3.63) is 12.2 Å². The molecule has 4 fully saturated rings. The molecule has 0 bridgehead atoms. The van der Waals surface area contributed by atoms with E-state index in [0.717, 1.165) is 0 Å². The third-order valence-corrected chi connectivity index (χ3v) is 7.97. The van der Waals surface area contributed by atoms with E-state index in [2.05, 4.69) is 6.58 Å². The number of aliphatic hydroxyl groups is 5. The number of rotatable bonds is 3. The number of carbonyl (C=O) groups excluding carboxylic acids is 1. The third kappa shape index (κ3) is 3.23. The molecule has 4 rings (SSSR count). The molecule has 4 aliphatic rings. The fraction of sp³-hybridized carbons (Fsp3) is 0.857. The van der Waals surface area contributed by atoms with Gasteiger partial charge in [-0.05, 0) is 18.8 Å². The van der Waals surface area contributed by atoms with Gasteiger partial charge < -0.3 is 39.7 Å². The molecule has 0 aromatic rings. The van der Waals surface area contributed by atoms with Crippen LogP contribution in [0.2, 0.25) is 0 Å². The van der Waals surface area contributed by atoms with E-state index in [1.807, 2.05) is 13.8 Å². The Morgan fingerprint density at radius 1 is 1.20 bits per heavy atom. The molecule has 5 N–H and O–H groups in total. The molecular formula is C21H32O9. The molecule has 2 saturated carbocycles. The van der Waals surface area contributed by atoms with Crippen LogP contribution >= 0.6 is 0 Å². The summed E-state index contributed by atoms with van der Waals surface area (Å²) in [6.07, 6.45) is -6.84. The summed E-state index contributed by atoms with van der Waals surface area (Å²) < 4.78 is 17.3. The van der Waals surface area contributed by atoms with Gasteiger partial charge in [-0.3, -0.25) is 0 Å². The van der Waals surface area contributed by atoms with Gasteiger partial charge in [-0.1, -0.05) is 20.4 Å². The SMILES string of the molecule is C=C1C(=O)O[C@@H]2[C@H]3[C@@H](C)[C@@H](O)C[C@@H](O[C@H]4O[C@H](CO)[C@H](O)[C@@H](O)[C@H]4O)[C@]3(C)CC[C@@H]12. The van der Waals surface area contributed by atoms with Gasteiger partial charge in [-0.2, -0.15) is 0 Å². The standard InChI is InChI=1S/C21H32O9/c1-8-10-4-5-21(3)13(6-11(23)9(2)14(21)18(10)30-19(8)27)29-20-17(26)16(25)15(24)12(7-22)28-20/h9-18,20,22-26H,1,4-7H2,2-3H3/t9-,10-,11-,12+,13+,14+,15-,16+,17+,18-,20+,21-/m0/s1. The first kappa shape index (κ1) is 22.1. The Balaban J connectivity index is 1.60. The fourth-order valence-corrected chi connectivity index (χ4v) is 6.07. The van der Waals surface area contributed by atoms with E-state index >= 15 is 0 Å². The lowest BCUT2D eigenvalue weighted by atomic mass is 9.52. The van der Waals surface area contributed by atoms with Crippen molar-refractivity contribution in [3.8, 4) is 0 Å². The number of hydrogen-bond donors (Lipinski definition) is 5. The number of aliphatic hydroxyl groups excluding tert-OH is 5. The van der Waals surface area contributed by atoms with Crippen LogP contribution in [-0.2, 0) is 19.0 Å². The van der Waals surface area contributed by atoms with Crippen LogP contribution < -0.4 is 0 Å². The Morgan fingerprint density at radius 3 is 2.57 bits per heavy atom. The van der Waals surface area contributed by atoms with Gasteiger partial charge in [0.15, 0.2) is 6.29 Å². The molecule has 30 heavy (non-hydrogen) atoms. The molecular weight excluding hydrogens is 396 g/mol. The second-order valence-corrected chi connectivity index (χ2v) is 9.56. The average molecular weight is 428 g/mol. The molecule has 0 aromatic carbocycles. The maximum Gasteiger partial charge on any atom is 0.334 e. The van der Waals surface area contributed by atoms with Crippen LogP contribution in [0.1, 0.15) is 33.1 Å². The lowest BCUT2D eigenvalue weighted by Gasteiger charge is -2.57. The van der Waals surface area contributed by atoms with Crippen molar-refractivity contribution < 1.29 is 44.5 Å². The number of ether oxygens (including phenoxy) is 3. The molecule has 2 aliphatic carbocycles. The van der Waals surface area contributed by atoms with Crippen molar-refractivity contribution in [1.29, 1.82) is 0 Å². The first-order valence-corrected chi connectivity index (χ1v) is 10.6. The summed E-state index contributed by atoms with van der Waals surface area (Å²) in [4.78, 5) is 12.1. The molecule has 12 atom stereocenters. The third-order valence-electron chi connectivity index (χ3n) is 7.97. The number of esters is 1. The molecule has 0 radical (unpaired) electrons. The molecule has 170 valence electrons. The fourth-order valence-electron chi connectivity index (χ4n) is 6.07. The van der Waals surface area contributed by atoms with E-state index in [-0.39, 0.29) is 24.2 Å². The molecule has 2 heterocycles. The molecule has 0 amide bonds. The molecule has 0 spiro atoms. The minimum atomic E-state index is -1.54. The van der Waals surface area contributed by atoms with Crippen molar-refractivity contribution in [2.75, 3.05) is 6.61 Å². The minimum Gasteiger partial charge on any atom is -0.458 e. The summed E-state index contributed by atoms with van der Waals surface area (Å²) >= 11 is 0. The zero-order valence-electron chi connectivity index (χ0n) is 17.3. The summed E-state index contributed by atoms with van der Waals surface area (Å²) in [6, 6.07) is 0. The van der Waals surface area contributed by atoms with Crippen LogP contribution in [0.25, 0.3) is 0 Å². The van der Waals surface area contributed by atoms with Gasteiger partial charge in [0.25, 0.3) is 0 Å². The van der Waals surface area contributed by atoms with E-state index in [1.165, 1.54) is 0 Å². The molecule has 0 aromatic heterocycles. The quantitative estimate of drug-likeness (QED) is 0.285. The molecule has 9 nitrogen and oxygen atoms in total. The Labute approximate surface area is 175 Å². The van der Waals surface area contributed by atoms with Gasteiger partial charge in [-0.15, -0.1) is 0 Å². The predicted molar refractivity (Wildman–Crippen MR) is 102 cm³/mol. The largest absolute Gasteiger partial charge is 0.458 e. The number of fused-ring (bicyclic) bond motifs is 3. The zero-order valence-corrected chi connectivity index (χ0v) is 17.3. The number of hydrogen-bond acceptors (Lipinski definition) is 9. The van der Waals surface area contributed by atoms with Crippen LogP contribution in [-0.4, -0.2) is 87.1 Å². The van der Waals surface area contributed by atoms with Crippen molar-refractivity contribution in [3.63, 3.8) is 0 Å². The zero-order chi connectivity index (χ0) is 22.0. The number of carbonyl (C=O) groups is 1. The first-order valence-electron chi connectivity index (χ1n) is 10.6. The Kier molecular flexibility index (Phi) is 5.76. The monoisotopic (exact) mass is 428 g/mol. The lowest BCUT2D eigenvalue weighted by Crippen LogP contribution is -2.63. The maximum absolute atomic E-state index is 12.1. The maximum atomic E-state index is 12.1. The van der Waals surface area contributed by atoms with E-state index in [9.17, 15) is 30.3 Å². The van der Waals surface area contributed by atoms with E-state index in [4.69, 9.17) is 14.2 Å². The van der Waals surface area contributed by atoms with Crippen LogP contribution in [0.3, 0.4) is 0 Å². The molecule has 2 saturated heterocycles. The summed E-state index contributed by atoms with van der Waals surface area (Å²) in [6.45, 7) is 7.31. The summed E-state index contributed by atoms with van der Waals surface area (Å²) in [5.41, 5.74) is -0.00973. The van der Waals surface area contributed by atoms with E-state index in [0.29, 0.717) is 18.4 Å².